The van der Waals surface area contributed by atoms with Crippen molar-refractivity contribution in [3.8, 4) is 28.7 Å². The van der Waals surface area contributed by atoms with Crippen LogP contribution in [0.4, 0.5) is 0 Å². The van der Waals surface area contributed by atoms with Crippen LogP contribution in [-0.4, -0.2) is 28.7 Å². The van der Waals surface area contributed by atoms with Gasteiger partial charge in [-0.2, -0.15) is 9.97 Å². The van der Waals surface area contributed by atoms with E-state index in [0.29, 0.717) is 17.6 Å². The zero-order valence-corrected chi connectivity index (χ0v) is 32.7. The lowest BCUT2D eigenvalue weighted by Crippen LogP contribution is -2.32. The molecule has 4 aromatic heterocycles. The number of benzene rings is 6. The lowest BCUT2D eigenvalue weighted by Gasteiger charge is -2.37. The summed E-state index contributed by atoms with van der Waals surface area (Å²) in [5.74, 6) is 1.87. The second-order valence-electron chi connectivity index (χ2n) is 16.8. The van der Waals surface area contributed by atoms with Crippen molar-refractivity contribution in [3.05, 3.63) is 182 Å². The van der Waals surface area contributed by atoms with Crippen molar-refractivity contribution in [2.24, 2.45) is 0 Å². The number of aromatic nitrogens is 6. The molecule has 5 heterocycles. The van der Waals surface area contributed by atoms with Crippen LogP contribution in [0.25, 0.3) is 94.1 Å². The topological polar surface area (TPSA) is 53.5 Å². The van der Waals surface area contributed by atoms with Gasteiger partial charge in [0.2, 0.25) is 5.95 Å². The summed E-state index contributed by atoms with van der Waals surface area (Å²) in [4.78, 5) is 16.1. The Bertz CT molecular complexity index is 3570. The van der Waals surface area contributed by atoms with Gasteiger partial charge in [-0.15, -0.1) is 0 Å². The van der Waals surface area contributed by atoms with Crippen LogP contribution in [0.3, 0.4) is 0 Å². The van der Waals surface area contributed by atoms with Crippen LogP contribution in [0.1, 0.15) is 31.9 Å². The van der Waals surface area contributed by atoms with Crippen LogP contribution in [0.2, 0.25) is 0 Å². The monoisotopic (exact) mass is 758 g/mol. The number of hydrogen-bond donors (Lipinski definition) is 0. The van der Waals surface area contributed by atoms with Gasteiger partial charge in [0.05, 0.1) is 33.6 Å². The molecule has 0 radical (unpaired) electrons. The molecule has 0 amide bonds. The molecule has 1 aliphatic heterocycles. The summed E-state index contributed by atoms with van der Waals surface area (Å²) in [7, 11) is 0. The number of hydrogen-bond acceptors (Lipinski definition) is 3. The standard InChI is InChI=1S/C53H38N6/c1-52(29-12-4-13-30-52)59-41-22-10-8-18-35(41)37-26-25-34(32-44(37)59)50-54-49(33-16-5-3-6-17-33)55-51(56-50)57-42-23-15-20-39-46(42)47-43(57)28-27-38-36-19-7-9-21-40(36)58(48(38)47)45-24-11-14-31-53(39,45)2/h3-29,31-32,45H,30H2,1-2H3. The van der Waals surface area contributed by atoms with Crippen LogP contribution >= 0.6 is 0 Å². The van der Waals surface area contributed by atoms with Crippen molar-refractivity contribution in [2.45, 2.75) is 37.3 Å². The summed E-state index contributed by atoms with van der Waals surface area (Å²) in [5.41, 5.74) is 9.71. The second-order valence-corrected chi connectivity index (χ2v) is 16.8. The summed E-state index contributed by atoms with van der Waals surface area (Å²) in [6.45, 7) is 4.72. The summed E-state index contributed by atoms with van der Waals surface area (Å²) in [6.07, 6.45) is 19.0. The quantitative estimate of drug-likeness (QED) is 0.180. The van der Waals surface area contributed by atoms with E-state index in [2.05, 4.69) is 185 Å². The van der Waals surface area contributed by atoms with Crippen molar-refractivity contribution in [2.75, 3.05) is 0 Å². The van der Waals surface area contributed by atoms with E-state index >= 15 is 0 Å². The predicted octanol–water partition coefficient (Wildman–Crippen LogP) is 12.7. The zero-order chi connectivity index (χ0) is 39.0. The van der Waals surface area contributed by atoms with E-state index in [4.69, 9.17) is 15.0 Å². The average Bonchev–Trinajstić information content (AvgIpc) is 3.90. The normalized spacial score (nSPS) is 20.7. The summed E-state index contributed by atoms with van der Waals surface area (Å²) < 4.78 is 7.38. The number of allylic oxidation sites excluding steroid dienone is 8. The molecule has 3 aliphatic rings. The Morgan fingerprint density at radius 3 is 2.07 bits per heavy atom. The molecule has 13 rings (SSSR count). The predicted molar refractivity (Wildman–Crippen MR) is 242 cm³/mol. The molecule has 6 heteroatoms. The van der Waals surface area contributed by atoms with Gasteiger partial charge >= 0.3 is 0 Å². The van der Waals surface area contributed by atoms with Gasteiger partial charge < -0.3 is 9.13 Å². The van der Waals surface area contributed by atoms with Gasteiger partial charge in [0, 0.05) is 59.9 Å². The maximum atomic E-state index is 5.46. The van der Waals surface area contributed by atoms with E-state index in [1.54, 1.807) is 0 Å². The molecule has 59 heavy (non-hydrogen) atoms. The SMILES string of the molecule is CC12C=CC=CC1n1c3ccccc3c3ccc4c(c5c2cccc5n4-c2nc(-c4ccccc4)nc(-c4ccc5c6ccccc6n(C6(C)C=CC=CC6)c5c4)n2)c31. The Morgan fingerprint density at radius 1 is 0.542 bits per heavy atom. The van der Waals surface area contributed by atoms with Crippen LogP contribution in [0, 0.1) is 0 Å². The molecule has 10 aromatic rings. The van der Waals surface area contributed by atoms with E-state index in [9.17, 15) is 0 Å². The van der Waals surface area contributed by atoms with Crippen molar-refractivity contribution in [1.82, 2.24) is 28.7 Å². The minimum Gasteiger partial charge on any atom is -0.332 e. The highest BCUT2D eigenvalue weighted by molar-refractivity contribution is 6.27. The molecule has 280 valence electrons. The molecule has 3 atom stereocenters. The molecule has 6 nitrogen and oxygen atoms in total. The molecule has 0 spiro atoms. The van der Waals surface area contributed by atoms with E-state index < -0.39 is 0 Å². The zero-order valence-electron chi connectivity index (χ0n) is 32.7. The highest BCUT2D eigenvalue weighted by atomic mass is 15.2. The van der Waals surface area contributed by atoms with Crippen molar-refractivity contribution in [1.29, 1.82) is 0 Å². The highest BCUT2D eigenvalue weighted by Gasteiger charge is 2.41. The number of para-hydroxylation sites is 2. The fourth-order valence-electron chi connectivity index (χ4n) is 10.8. The molecule has 0 saturated heterocycles. The maximum Gasteiger partial charge on any atom is 0.238 e. The summed E-state index contributed by atoms with van der Waals surface area (Å²) >= 11 is 0. The van der Waals surface area contributed by atoms with Crippen LogP contribution in [0.5, 0.6) is 0 Å². The Labute approximate surface area is 340 Å². The third-order valence-electron chi connectivity index (χ3n) is 13.5. The number of rotatable bonds is 4. The van der Waals surface area contributed by atoms with Crippen LogP contribution in [0.15, 0.2) is 176 Å². The highest BCUT2D eigenvalue weighted by Crippen LogP contribution is 2.53. The van der Waals surface area contributed by atoms with E-state index in [-0.39, 0.29) is 17.0 Å². The third kappa shape index (κ3) is 4.32. The number of nitrogens with zero attached hydrogens (tertiary/aromatic N) is 6. The molecule has 0 saturated carbocycles. The Balaban J connectivity index is 1.13. The molecule has 0 fully saturated rings. The molecule has 6 aromatic carbocycles. The Kier molecular flexibility index (Phi) is 6.46. The van der Waals surface area contributed by atoms with Crippen molar-refractivity contribution >= 4 is 65.4 Å². The summed E-state index contributed by atoms with van der Waals surface area (Å²) in [6, 6.07) is 46.1. The van der Waals surface area contributed by atoms with Crippen molar-refractivity contribution in [3.63, 3.8) is 0 Å². The van der Waals surface area contributed by atoms with E-state index in [1.165, 1.54) is 54.4 Å². The first-order valence-electron chi connectivity index (χ1n) is 20.6. The van der Waals surface area contributed by atoms with Crippen molar-refractivity contribution < 1.29 is 0 Å². The lowest BCUT2D eigenvalue weighted by atomic mass is 9.72. The molecule has 3 unspecified atom stereocenters. The summed E-state index contributed by atoms with van der Waals surface area (Å²) in [5, 5.41) is 7.47. The number of fused-ring (bicyclic) bond motifs is 9. The molecular weight excluding hydrogens is 721 g/mol. The van der Waals surface area contributed by atoms with Gasteiger partial charge in [-0.3, -0.25) is 4.57 Å². The maximum absolute atomic E-state index is 5.46. The van der Waals surface area contributed by atoms with Gasteiger partial charge in [0.15, 0.2) is 11.6 Å². The first kappa shape index (κ1) is 32.7. The minimum atomic E-state index is -0.297. The molecular formula is C53H38N6. The minimum absolute atomic E-state index is 0.105. The Morgan fingerprint density at radius 2 is 1.24 bits per heavy atom. The Hall–Kier alpha value is -7.31. The van der Waals surface area contributed by atoms with Crippen LogP contribution < -0.4 is 0 Å². The fraction of sp³-hybridized carbons (Fsp3) is 0.113. The van der Waals surface area contributed by atoms with Crippen LogP contribution in [-0.2, 0) is 11.0 Å². The molecule has 0 bridgehead atoms. The fourth-order valence-corrected chi connectivity index (χ4v) is 10.8. The average molecular weight is 759 g/mol. The first-order valence-corrected chi connectivity index (χ1v) is 20.6. The molecule has 2 aliphatic carbocycles. The van der Waals surface area contributed by atoms with Gasteiger partial charge in [-0.25, -0.2) is 4.98 Å². The van der Waals surface area contributed by atoms with E-state index in [1.807, 2.05) is 18.2 Å². The van der Waals surface area contributed by atoms with Gasteiger partial charge in [0.1, 0.15) is 0 Å². The van der Waals surface area contributed by atoms with Gasteiger partial charge in [-0.05, 0) is 56.2 Å². The first-order chi connectivity index (χ1) is 29.0. The molecule has 0 N–H and O–H groups in total. The van der Waals surface area contributed by atoms with Gasteiger partial charge in [-0.1, -0.05) is 146 Å². The lowest BCUT2D eigenvalue weighted by molar-refractivity contribution is 0.436. The largest absolute Gasteiger partial charge is 0.332 e. The third-order valence-corrected chi connectivity index (χ3v) is 13.5. The van der Waals surface area contributed by atoms with E-state index in [0.717, 1.165) is 34.1 Å². The van der Waals surface area contributed by atoms with Gasteiger partial charge in [0.25, 0.3) is 0 Å². The second kappa shape index (κ2) is 11.6. The smallest absolute Gasteiger partial charge is 0.238 e.